The molecule has 0 saturated carbocycles. The van der Waals surface area contributed by atoms with Gasteiger partial charge in [0.25, 0.3) is 0 Å². The van der Waals surface area contributed by atoms with Crippen molar-refractivity contribution in [3.63, 3.8) is 0 Å². The van der Waals surface area contributed by atoms with Crippen LogP contribution < -0.4 is 0 Å². The van der Waals surface area contributed by atoms with Crippen LogP contribution in [0.1, 0.15) is 6.42 Å². The van der Waals surface area contributed by atoms with E-state index in [1.54, 1.807) is 7.05 Å². The second-order valence-electron chi connectivity index (χ2n) is 2.65. The molecule has 0 aliphatic carbocycles. The second kappa shape index (κ2) is 4.07. The summed E-state index contributed by atoms with van der Waals surface area (Å²) in [5, 5.41) is 8.63. The molecule has 0 radical (unpaired) electrons. The number of aliphatic imine (C=N–C) groups is 1. The zero-order valence-electron chi connectivity index (χ0n) is 7.49. The molecular weight excluding hydrogens is 152 g/mol. The monoisotopic (exact) mass is 166 g/mol. The van der Waals surface area contributed by atoms with E-state index in [1.165, 1.54) is 0 Å². The van der Waals surface area contributed by atoms with E-state index < -0.39 is 0 Å². The van der Waals surface area contributed by atoms with Gasteiger partial charge in [0.1, 0.15) is 5.84 Å². The summed E-state index contributed by atoms with van der Waals surface area (Å²) >= 11 is 0. The van der Waals surface area contributed by atoms with E-state index in [1.807, 2.05) is 30.3 Å². The fourth-order valence-corrected chi connectivity index (χ4v) is 1.21. The van der Waals surface area contributed by atoms with Crippen LogP contribution in [0.4, 0.5) is 0 Å². The van der Waals surface area contributed by atoms with Crippen LogP contribution in [0.2, 0.25) is 0 Å². The summed E-state index contributed by atoms with van der Waals surface area (Å²) < 4.78 is 0. The fourth-order valence-electron chi connectivity index (χ4n) is 1.21. The summed E-state index contributed by atoms with van der Waals surface area (Å²) in [6.45, 7) is 0.193. The Morgan fingerprint density at radius 1 is 1.67 bits per heavy atom. The third-order valence-electron chi connectivity index (χ3n) is 1.78. The molecule has 0 aromatic rings. The van der Waals surface area contributed by atoms with Gasteiger partial charge in [0, 0.05) is 32.5 Å². The number of likely N-dealkylation sites (N-methyl/N-ethyl adjacent to an activating group) is 1. The smallest absolute Gasteiger partial charge is 0.134 e. The van der Waals surface area contributed by atoms with Crippen molar-refractivity contribution in [1.29, 1.82) is 0 Å². The minimum absolute atomic E-state index is 0.193. The predicted molar refractivity (Wildman–Crippen MR) is 50.0 cm³/mol. The van der Waals surface area contributed by atoms with E-state index in [9.17, 15) is 0 Å². The van der Waals surface area contributed by atoms with Crippen LogP contribution >= 0.6 is 0 Å². The summed E-state index contributed by atoms with van der Waals surface area (Å²) in [5.41, 5.74) is 1.09. The molecule has 0 unspecified atom stereocenters. The maximum absolute atomic E-state index is 8.63. The second-order valence-corrected chi connectivity index (χ2v) is 2.65. The zero-order chi connectivity index (χ0) is 8.97. The van der Waals surface area contributed by atoms with Gasteiger partial charge in [-0.25, -0.2) is 0 Å². The van der Waals surface area contributed by atoms with Crippen molar-refractivity contribution in [2.24, 2.45) is 4.99 Å². The lowest BCUT2D eigenvalue weighted by atomic mass is 10.2. The molecule has 1 aliphatic rings. The molecule has 0 bridgehead atoms. The maximum atomic E-state index is 8.63. The molecular formula is C9H14N2O. The van der Waals surface area contributed by atoms with Gasteiger partial charge < -0.3 is 10.0 Å². The van der Waals surface area contributed by atoms with Gasteiger partial charge in [-0.15, -0.1) is 0 Å². The lowest BCUT2D eigenvalue weighted by molar-refractivity contribution is 0.302. The lowest BCUT2D eigenvalue weighted by Gasteiger charge is -2.09. The van der Waals surface area contributed by atoms with Crippen molar-refractivity contribution in [1.82, 2.24) is 4.90 Å². The number of aliphatic hydroxyl groups excluding tert-OH is 1. The molecule has 1 heterocycles. The number of amidine groups is 1. The Hall–Kier alpha value is -1.09. The average molecular weight is 166 g/mol. The first-order valence-electron chi connectivity index (χ1n) is 3.98. The van der Waals surface area contributed by atoms with Crippen LogP contribution in [0.15, 0.2) is 28.9 Å². The minimum Gasteiger partial charge on any atom is -0.396 e. The topological polar surface area (TPSA) is 35.8 Å². The molecule has 1 N–H and O–H groups in total. The first kappa shape index (κ1) is 9.00. The highest BCUT2D eigenvalue weighted by atomic mass is 16.2. The number of aliphatic hydroxyl groups is 1. The molecule has 0 spiro atoms. The first-order valence-corrected chi connectivity index (χ1v) is 3.98. The van der Waals surface area contributed by atoms with Crippen LogP contribution in [0.25, 0.3) is 0 Å². The fraction of sp³-hybridized carbons (Fsp3) is 0.444. The summed E-state index contributed by atoms with van der Waals surface area (Å²) in [4.78, 5) is 6.09. The van der Waals surface area contributed by atoms with Crippen LogP contribution in [0.5, 0.6) is 0 Å². The third kappa shape index (κ3) is 1.74. The summed E-state index contributed by atoms with van der Waals surface area (Å²) in [6, 6.07) is 0. The first-order chi connectivity index (χ1) is 5.79. The highest BCUT2D eigenvalue weighted by Crippen LogP contribution is 2.13. The SMILES string of the molecule is CN=C1/C(=C\CCO)C=CN1C. The molecule has 0 aromatic carbocycles. The van der Waals surface area contributed by atoms with E-state index >= 15 is 0 Å². The Kier molecular flexibility index (Phi) is 3.05. The van der Waals surface area contributed by atoms with Crippen molar-refractivity contribution >= 4 is 5.84 Å². The number of nitrogens with zero attached hydrogens (tertiary/aromatic N) is 2. The van der Waals surface area contributed by atoms with Gasteiger partial charge in [-0.05, 0) is 12.5 Å². The van der Waals surface area contributed by atoms with Gasteiger partial charge in [0.2, 0.25) is 0 Å². The van der Waals surface area contributed by atoms with Crippen LogP contribution in [-0.4, -0.2) is 36.5 Å². The summed E-state index contributed by atoms with van der Waals surface area (Å²) in [5.74, 6) is 0.962. The molecule has 0 aromatic heterocycles. The maximum Gasteiger partial charge on any atom is 0.134 e. The van der Waals surface area contributed by atoms with Gasteiger partial charge in [-0.1, -0.05) is 6.08 Å². The summed E-state index contributed by atoms with van der Waals surface area (Å²) in [7, 11) is 3.73. The van der Waals surface area contributed by atoms with Crippen LogP contribution in [0, 0.1) is 0 Å². The van der Waals surface area contributed by atoms with Crippen LogP contribution in [-0.2, 0) is 0 Å². The normalized spacial score (nSPS) is 23.1. The minimum atomic E-state index is 0.193. The average Bonchev–Trinajstić information content (AvgIpc) is 2.43. The van der Waals surface area contributed by atoms with Crippen molar-refractivity contribution in [3.8, 4) is 0 Å². The molecule has 0 amide bonds. The predicted octanol–water partition coefficient (Wildman–Crippen LogP) is 0.783. The third-order valence-corrected chi connectivity index (χ3v) is 1.78. The van der Waals surface area contributed by atoms with Crippen molar-refractivity contribution in [3.05, 3.63) is 23.9 Å². The Morgan fingerprint density at radius 2 is 2.42 bits per heavy atom. The molecule has 1 rings (SSSR count). The zero-order valence-corrected chi connectivity index (χ0v) is 7.49. The number of hydrogen-bond donors (Lipinski definition) is 1. The Balaban J connectivity index is 2.73. The summed E-state index contributed by atoms with van der Waals surface area (Å²) in [6.07, 6.45) is 6.64. The molecule has 12 heavy (non-hydrogen) atoms. The molecule has 66 valence electrons. The Bertz CT molecular complexity index is 241. The molecule has 1 aliphatic heterocycles. The quantitative estimate of drug-likeness (QED) is 0.658. The standard InChI is InChI=1S/C9H14N2O/c1-10-9-8(4-3-7-12)5-6-11(9)2/h4-6,12H,3,7H2,1-2H3/b8-4-,10-9?. The highest BCUT2D eigenvalue weighted by Gasteiger charge is 2.12. The van der Waals surface area contributed by atoms with Gasteiger partial charge >= 0.3 is 0 Å². The molecule has 0 fully saturated rings. The number of rotatable bonds is 2. The van der Waals surface area contributed by atoms with E-state index in [0.717, 1.165) is 11.4 Å². The van der Waals surface area contributed by atoms with Gasteiger partial charge in [-0.3, -0.25) is 4.99 Å². The Labute approximate surface area is 72.7 Å². The lowest BCUT2D eigenvalue weighted by Crippen LogP contribution is -2.16. The molecule has 3 nitrogen and oxygen atoms in total. The van der Waals surface area contributed by atoms with Crippen molar-refractivity contribution < 1.29 is 5.11 Å². The van der Waals surface area contributed by atoms with E-state index in [0.29, 0.717) is 6.42 Å². The number of hydrogen-bond acceptors (Lipinski definition) is 2. The van der Waals surface area contributed by atoms with E-state index in [2.05, 4.69) is 4.99 Å². The van der Waals surface area contributed by atoms with Gasteiger partial charge in [0.05, 0.1) is 0 Å². The molecule has 3 heteroatoms. The van der Waals surface area contributed by atoms with E-state index in [-0.39, 0.29) is 6.61 Å². The van der Waals surface area contributed by atoms with Crippen molar-refractivity contribution in [2.45, 2.75) is 6.42 Å². The Morgan fingerprint density at radius 3 is 3.00 bits per heavy atom. The van der Waals surface area contributed by atoms with Gasteiger partial charge in [-0.2, -0.15) is 0 Å². The van der Waals surface area contributed by atoms with Gasteiger partial charge in [0.15, 0.2) is 0 Å². The highest BCUT2D eigenvalue weighted by molar-refractivity contribution is 6.03. The van der Waals surface area contributed by atoms with E-state index in [4.69, 9.17) is 5.11 Å². The largest absolute Gasteiger partial charge is 0.396 e. The molecule has 0 atom stereocenters. The molecule has 0 saturated heterocycles. The van der Waals surface area contributed by atoms with Crippen molar-refractivity contribution in [2.75, 3.05) is 20.7 Å². The van der Waals surface area contributed by atoms with Crippen LogP contribution in [0.3, 0.4) is 0 Å².